The molecule has 1 aromatic carbocycles. The molecule has 0 saturated heterocycles. The molecule has 2 atom stereocenters. The molecule has 2 unspecified atom stereocenters. The number of rotatable bonds is 8. The van der Waals surface area contributed by atoms with E-state index in [0.717, 1.165) is 31.2 Å². The minimum Gasteiger partial charge on any atom is -0.346 e. The maximum absolute atomic E-state index is 12.5. The molecule has 0 fully saturated rings. The van der Waals surface area contributed by atoms with E-state index >= 15 is 0 Å². The molecule has 0 aliphatic heterocycles. The van der Waals surface area contributed by atoms with Crippen LogP contribution in [0.4, 0.5) is 0 Å². The van der Waals surface area contributed by atoms with Crippen molar-refractivity contribution in [3.8, 4) is 0 Å². The van der Waals surface area contributed by atoms with Crippen molar-refractivity contribution in [3.05, 3.63) is 35.9 Å². The highest BCUT2D eigenvalue weighted by Gasteiger charge is 2.29. The maximum Gasteiger partial charge on any atom is 0.223 e. The number of hydrogen-bond donors (Lipinski definition) is 1. The van der Waals surface area contributed by atoms with Gasteiger partial charge in [-0.15, -0.1) is 0 Å². The van der Waals surface area contributed by atoms with Crippen molar-refractivity contribution in [3.63, 3.8) is 0 Å². The molecule has 0 radical (unpaired) electrons. The normalized spacial score (nSPS) is 15.4. The molecule has 1 rings (SSSR count). The van der Waals surface area contributed by atoms with Gasteiger partial charge in [0.25, 0.3) is 0 Å². The molecule has 2 nitrogen and oxygen atoms in total. The van der Waals surface area contributed by atoms with E-state index in [9.17, 15) is 4.79 Å². The summed E-state index contributed by atoms with van der Waals surface area (Å²) < 4.78 is 0. The lowest BCUT2D eigenvalue weighted by atomic mass is 9.91. The molecule has 20 heavy (non-hydrogen) atoms. The second-order valence-electron chi connectivity index (χ2n) is 5.57. The molecule has 1 amide bonds. The highest BCUT2D eigenvalue weighted by Crippen LogP contribution is 2.24. The SMILES string of the molecule is CCCCC(CC)C(=O)NC(C)(CBr)c1ccccc1. The zero-order valence-corrected chi connectivity index (χ0v) is 14.4. The Morgan fingerprint density at radius 2 is 1.95 bits per heavy atom. The van der Waals surface area contributed by atoms with Crippen molar-refractivity contribution in [2.24, 2.45) is 5.92 Å². The molecule has 0 aliphatic carbocycles. The average Bonchev–Trinajstić information content (AvgIpc) is 2.48. The topological polar surface area (TPSA) is 29.1 Å². The number of halogens is 1. The second kappa shape index (κ2) is 8.46. The fraction of sp³-hybridized carbons (Fsp3) is 0.588. The fourth-order valence-electron chi connectivity index (χ4n) is 2.33. The van der Waals surface area contributed by atoms with Gasteiger partial charge in [-0.05, 0) is 25.3 Å². The average molecular weight is 340 g/mol. The number of carbonyl (C=O) groups excluding carboxylic acids is 1. The van der Waals surface area contributed by atoms with Gasteiger partial charge in [0.1, 0.15) is 0 Å². The third kappa shape index (κ3) is 4.62. The number of carbonyl (C=O) groups is 1. The van der Waals surface area contributed by atoms with Gasteiger partial charge in [0, 0.05) is 11.2 Å². The summed E-state index contributed by atoms with van der Waals surface area (Å²) in [6.45, 7) is 6.33. The third-order valence-corrected chi connectivity index (χ3v) is 4.97. The Bertz CT molecular complexity index is 407. The molecule has 0 aliphatic rings. The Kier molecular flexibility index (Phi) is 7.28. The van der Waals surface area contributed by atoms with Crippen molar-refractivity contribution in [1.82, 2.24) is 5.32 Å². The van der Waals surface area contributed by atoms with Crippen molar-refractivity contribution in [2.45, 2.75) is 52.0 Å². The first-order valence-electron chi connectivity index (χ1n) is 7.51. The van der Waals surface area contributed by atoms with Crippen LogP contribution in [0, 0.1) is 5.92 Å². The Hall–Kier alpha value is -0.830. The predicted octanol–water partition coefficient (Wildman–Crippen LogP) is 4.63. The van der Waals surface area contributed by atoms with Crippen molar-refractivity contribution >= 4 is 21.8 Å². The monoisotopic (exact) mass is 339 g/mol. The summed E-state index contributed by atoms with van der Waals surface area (Å²) in [5.41, 5.74) is 0.786. The number of unbranched alkanes of at least 4 members (excludes halogenated alkanes) is 1. The van der Waals surface area contributed by atoms with E-state index in [1.165, 1.54) is 0 Å². The Balaban J connectivity index is 2.79. The first-order chi connectivity index (χ1) is 9.57. The van der Waals surface area contributed by atoms with E-state index in [0.29, 0.717) is 5.33 Å². The highest BCUT2D eigenvalue weighted by molar-refractivity contribution is 9.09. The van der Waals surface area contributed by atoms with E-state index in [1.54, 1.807) is 0 Å². The maximum atomic E-state index is 12.5. The Morgan fingerprint density at radius 3 is 2.45 bits per heavy atom. The first kappa shape index (κ1) is 17.2. The van der Waals surface area contributed by atoms with Crippen molar-refractivity contribution in [1.29, 1.82) is 0 Å². The van der Waals surface area contributed by atoms with E-state index in [1.807, 2.05) is 18.2 Å². The molecule has 1 N–H and O–H groups in total. The smallest absolute Gasteiger partial charge is 0.223 e. The van der Waals surface area contributed by atoms with Crippen LogP contribution in [0.15, 0.2) is 30.3 Å². The van der Waals surface area contributed by atoms with Gasteiger partial charge >= 0.3 is 0 Å². The van der Waals surface area contributed by atoms with Crippen LogP contribution in [0.1, 0.15) is 52.0 Å². The van der Waals surface area contributed by atoms with Crippen LogP contribution in [-0.4, -0.2) is 11.2 Å². The number of amides is 1. The molecule has 0 heterocycles. The van der Waals surface area contributed by atoms with Crippen LogP contribution in [0.25, 0.3) is 0 Å². The summed E-state index contributed by atoms with van der Waals surface area (Å²) in [4.78, 5) is 12.5. The number of alkyl halides is 1. The molecule has 112 valence electrons. The number of hydrogen-bond acceptors (Lipinski definition) is 1. The molecule has 0 spiro atoms. The lowest BCUT2D eigenvalue weighted by molar-refractivity contribution is -0.127. The molecule has 3 heteroatoms. The minimum atomic E-state index is -0.349. The van der Waals surface area contributed by atoms with Gasteiger partial charge in [-0.1, -0.05) is 73.0 Å². The fourth-order valence-corrected chi connectivity index (χ4v) is 2.80. The first-order valence-corrected chi connectivity index (χ1v) is 8.63. The second-order valence-corrected chi connectivity index (χ2v) is 6.13. The summed E-state index contributed by atoms with van der Waals surface area (Å²) in [5, 5.41) is 3.94. The van der Waals surface area contributed by atoms with Crippen LogP contribution in [0.3, 0.4) is 0 Å². The summed E-state index contributed by atoms with van der Waals surface area (Å²) in [6, 6.07) is 10.1. The van der Waals surface area contributed by atoms with E-state index < -0.39 is 0 Å². The molecule has 0 aromatic heterocycles. The van der Waals surface area contributed by atoms with Crippen LogP contribution in [-0.2, 0) is 10.3 Å². The molecular formula is C17H26BrNO. The molecule has 0 bridgehead atoms. The minimum absolute atomic E-state index is 0.122. The van der Waals surface area contributed by atoms with Crippen LogP contribution in [0.5, 0.6) is 0 Å². The summed E-state index contributed by atoms with van der Waals surface area (Å²) in [5.74, 6) is 0.295. The zero-order chi connectivity index (χ0) is 15.0. The Morgan fingerprint density at radius 1 is 1.30 bits per heavy atom. The molecular weight excluding hydrogens is 314 g/mol. The number of benzene rings is 1. The van der Waals surface area contributed by atoms with Gasteiger partial charge in [0.15, 0.2) is 0 Å². The third-order valence-electron chi connectivity index (χ3n) is 3.85. The molecule has 0 saturated carbocycles. The lowest BCUT2D eigenvalue weighted by Crippen LogP contribution is -2.47. The standard InChI is InChI=1S/C17H26BrNO/c1-4-6-10-14(5-2)16(20)19-17(3,13-18)15-11-8-7-9-12-15/h7-9,11-12,14H,4-6,10,13H2,1-3H3,(H,19,20). The van der Waals surface area contributed by atoms with Gasteiger partial charge in [-0.2, -0.15) is 0 Å². The van der Waals surface area contributed by atoms with E-state index in [4.69, 9.17) is 0 Å². The van der Waals surface area contributed by atoms with Crippen molar-refractivity contribution < 1.29 is 4.79 Å². The van der Waals surface area contributed by atoms with Gasteiger partial charge in [-0.3, -0.25) is 4.79 Å². The molecule has 1 aromatic rings. The predicted molar refractivity (Wildman–Crippen MR) is 89.0 cm³/mol. The summed E-state index contributed by atoms with van der Waals surface area (Å²) in [6.07, 6.45) is 4.13. The lowest BCUT2D eigenvalue weighted by Gasteiger charge is -2.31. The number of nitrogens with one attached hydrogen (secondary N) is 1. The van der Waals surface area contributed by atoms with Gasteiger partial charge < -0.3 is 5.32 Å². The van der Waals surface area contributed by atoms with Crippen LogP contribution < -0.4 is 5.32 Å². The van der Waals surface area contributed by atoms with Gasteiger partial charge in [0.05, 0.1) is 5.54 Å². The van der Waals surface area contributed by atoms with Gasteiger partial charge in [-0.25, -0.2) is 0 Å². The quantitative estimate of drug-likeness (QED) is 0.687. The van der Waals surface area contributed by atoms with Crippen LogP contribution >= 0.6 is 15.9 Å². The largest absolute Gasteiger partial charge is 0.346 e. The van der Waals surface area contributed by atoms with E-state index in [2.05, 4.69) is 54.2 Å². The highest BCUT2D eigenvalue weighted by atomic mass is 79.9. The van der Waals surface area contributed by atoms with Crippen molar-refractivity contribution in [2.75, 3.05) is 5.33 Å². The zero-order valence-electron chi connectivity index (χ0n) is 12.8. The van der Waals surface area contributed by atoms with Crippen LogP contribution in [0.2, 0.25) is 0 Å². The summed E-state index contributed by atoms with van der Waals surface area (Å²) in [7, 11) is 0. The van der Waals surface area contributed by atoms with E-state index in [-0.39, 0.29) is 17.4 Å². The van der Waals surface area contributed by atoms with Gasteiger partial charge in [0.2, 0.25) is 5.91 Å². The Labute approximate surface area is 131 Å². The summed E-state index contributed by atoms with van der Waals surface area (Å²) >= 11 is 3.55.